The number of esters is 1. The Morgan fingerprint density at radius 3 is 2.35 bits per heavy atom. The smallest absolute Gasteiger partial charge is 0.408 e. The van der Waals surface area contributed by atoms with Crippen LogP contribution in [0.5, 0.6) is 0 Å². The third-order valence-corrected chi connectivity index (χ3v) is 5.84. The van der Waals surface area contributed by atoms with Gasteiger partial charge in [0.2, 0.25) is 17.7 Å². The van der Waals surface area contributed by atoms with Crippen LogP contribution in [-0.2, 0) is 28.7 Å². The van der Waals surface area contributed by atoms with E-state index in [9.17, 15) is 24.0 Å². The van der Waals surface area contributed by atoms with Gasteiger partial charge in [-0.2, -0.15) is 0 Å². The summed E-state index contributed by atoms with van der Waals surface area (Å²) in [5.41, 5.74) is 5.73. The van der Waals surface area contributed by atoms with Gasteiger partial charge < -0.3 is 30.7 Å². The summed E-state index contributed by atoms with van der Waals surface area (Å²) in [5, 5.41) is 4.98. The average molecular weight is 561 g/mol. The number of nitrogens with two attached hydrogens (primary N) is 1. The number of hydrogen-bond acceptors (Lipinski definition) is 7. The van der Waals surface area contributed by atoms with Gasteiger partial charge in [-0.3, -0.25) is 19.2 Å². The zero-order chi connectivity index (χ0) is 30.3. The third kappa shape index (κ3) is 12.3. The Balaban J connectivity index is 3.54. The summed E-state index contributed by atoms with van der Waals surface area (Å²) >= 11 is 0. The van der Waals surface area contributed by atoms with Gasteiger partial charge in [0.05, 0.1) is 13.5 Å². The highest BCUT2D eigenvalue weighted by molar-refractivity contribution is 5.95. The van der Waals surface area contributed by atoms with E-state index in [4.69, 9.17) is 10.5 Å². The molecule has 0 saturated heterocycles. The van der Waals surface area contributed by atoms with Crippen LogP contribution >= 0.6 is 0 Å². The van der Waals surface area contributed by atoms with E-state index in [1.165, 1.54) is 12.0 Å². The van der Waals surface area contributed by atoms with Gasteiger partial charge in [0.15, 0.2) is 0 Å². The van der Waals surface area contributed by atoms with Crippen LogP contribution in [0.25, 0.3) is 6.08 Å². The summed E-state index contributed by atoms with van der Waals surface area (Å²) in [4.78, 5) is 65.2. The second-order valence-electron chi connectivity index (χ2n) is 10.4. The minimum atomic E-state index is -1.39. The molecule has 4 amide bonds. The SMILES string of the molecule is C=Cc1cccc(C(C(=O)NCC(=O)OC)N(CCCCCCC)C(=O)C(CC(N)=O)NC(=O)OC(C)(C)C)c1. The molecule has 0 aliphatic heterocycles. The monoisotopic (exact) mass is 560 g/mol. The lowest BCUT2D eigenvalue weighted by molar-refractivity contribution is -0.145. The van der Waals surface area contributed by atoms with Crippen molar-refractivity contribution < 1.29 is 33.4 Å². The fourth-order valence-electron chi connectivity index (χ4n) is 3.96. The predicted molar refractivity (Wildman–Crippen MR) is 152 cm³/mol. The summed E-state index contributed by atoms with van der Waals surface area (Å²) in [6.45, 7) is 10.6. The van der Waals surface area contributed by atoms with E-state index in [1.807, 2.05) is 0 Å². The molecule has 0 aliphatic rings. The van der Waals surface area contributed by atoms with Crippen molar-refractivity contribution in [2.75, 3.05) is 20.2 Å². The van der Waals surface area contributed by atoms with Crippen LogP contribution in [0.1, 0.15) is 83.4 Å². The Morgan fingerprint density at radius 1 is 1.10 bits per heavy atom. The lowest BCUT2D eigenvalue weighted by Gasteiger charge is -2.34. The number of alkyl carbamates (subject to hydrolysis) is 1. The zero-order valence-electron chi connectivity index (χ0n) is 24.3. The van der Waals surface area contributed by atoms with Gasteiger partial charge in [0.25, 0.3) is 0 Å². The third-order valence-electron chi connectivity index (χ3n) is 5.84. The quantitative estimate of drug-likeness (QED) is 0.207. The Kier molecular flexibility index (Phi) is 14.5. The van der Waals surface area contributed by atoms with Crippen molar-refractivity contribution in [2.24, 2.45) is 5.73 Å². The molecular formula is C29H44N4O7. The largest absolute Gasteiger partial charge is 0.468 e. The molecule has 2 unspecified atom stereocenters. The van der Waals surface area contributed by atoms with Crippen LogP contribution < -0.4 is 16.4 Å². The molecule has 0 aliphatic carbocycles. The van der Waals surface area contributed by atoms with Crippen LogP contribution in [0.3, 0.4) is 0 Å². The standard InChI is InChI=1S/C29H44N4O7/c1-7-9-10-11-12-16-33(27(37)22(18-23(30)34)32-28(38)40-29(3,4)5)25(26(36)31-19-24(35)39-6)21-15-13-14-20(8-2)17-21/h8,13-15,17,22,25H,2,7,9-12,16,18-19H2,1,3-6H3,(H2,30,34)(H,31,36)(H,32,38). The number of carbonyl (C=O) groups excluding carboxylic acids is 5. The van der Waals surface area contributed by atoms with E-state index in [1.54, 1.807) is 51.1 Å². The predicted octanol–water partition coefficient (Wildman–Crippen LogP) is 3.23. The summed E-state index contributed by atoms with van der Waals surface area (Å²) in [6, 6.07) is 4.31. The Bertz CT molecular complexity index is 1040. The fourth-order valence-corrected chi connectivity index (χ4v) is 3.96. The number of nitrogens with one attached hydrogen (secondary N) is 2. The van der Waals surface area contributed by atoms with Gasteiger partial charge in [0, 0.05) is 6.54 Å². The highest BCUT2D eigenvalue weighted by Crippen LogP contribution is 2.25. The molecule has 0 fully saturated rings. The molecule has 0 spiro atoms. The molecule has 40 heavy (non-hydrogen) atoms. The molecule has 11 heteroatoms. The van der Waals surface area contributed by atoms with Crippen LogP contribution in [0.4, 0.5) is 4.79 Å². The number of carbonyl (C=O) groups is 5. The van der Waals surface area contributed by atoms with E-state index in [0.717, 1.165) is 25.7 Å². The molecule has 1 rings (SSSR count). The molecule has 0 bridgehead atoms. The van der Waals surface area contributed by atoms with E-state index in [2.05, 4.69) is 28.9 Å². The fraction of sp³-hybridized carbons (Fsp3) is 0.552. The molecular weight excluding hydrogens is 516 g/mol. The normalized spacial score (nSPS) is 12.4. The lowest BCUT2D eigenvalue weighted by Crippen LogP contribution is -2.54. The van der Waals surface area contributed by atoms with Crippen LogP contribution in [-0.4, -0.2) is 66.5 Å². The second-order valence-corrected chi connectivity index (χ2v) is 10.4. The summed E-state index contributed by atoms with van der Waals surface area (Å²) in [7, 11) is 1.20. The zero-order valence-corrected chi connectivity index (χ0v) is 24.3. The second kappa shape index (κ2) is 16.9. The minimum absolute atomic E-state index is 0.141. The highest BCUT2D eigenvalue weighted by Gasteiger charge is 2.37. The summed E-state index contributed by atoms with van der Waals surface area (Å²) in [5.74, 6) is -2.81. The summed E-state index contributed by atoms with van der Waals surface area (Å²) < 4.78 is 9.93. The van der Waals surface area contributed by atoms with Crippen molar-refractivity contribution in [1.29, 1.82) is 0 Å². The molecule has 222 valence electrons. The van der Waals surface area contributed by atoms with E-state index in [-0.39, 0.29) is 6.54 Å². The van der Waals surface area contributed by atoms with Gasteiger partial charge in [-0.25, -0.2) is 4.79 Å². The Hall–Kier alpha value is -3.89. The molecule has 0 heterocycles. The molecule has 1 aromatic rings. The summed E-state index contributed by atoms with van der Waals surface area (Å²) in [6.07, 6.45) is 4.51. The maximum Gasteiger partial charge on any atom is 0.408 e. The molecule has 2 atom stereocenters. The van der Waals surface area contributed by atoms with Gasteiger partial charge in [-0.15, -0.1) is 0 Å². The molecule has 0 radical (unpaired) electrons. The number of unbranched alkanes of at least 4 members (excludes halogenated alkanes) is 4. The maximum atomic E-state index is 14.0. The lowest BCUT2D eigenvalue weighted by atomic mass is 9.99. The number of nitrogens with zero attached hydrogens (tertiary/aromatic N) is 1. The molecule has 0 saturated carbocycles. The number of amides is 4. The molecule has 11 nitrogen and oxygen atoms in total. The highest BCUT2D eigenvalue weighted by atomic mass is 16.6. The minimum Gasteiger partial charge on any atom is -0.468 e. The van der Waals surface area contributed by atoms with Crippen LogP contribution in [0.2, 0.25) is 0 Å². The Morgan fingerprint density at radius 2 is 1.77 bits per heavy atom. The Labute approximate surface area is 236 Å². The van der Waals surface area contributed by atoms with Gasteiger partial charge >= 0.3 is 12.1 Å². The van der Waals surface area contributed by atoms with E-state index >= 15 is 0 Å². The number of primary amides is 1. The van der Waals surface area contributed by atoms with E-state index < -0.39 is 60.4 Å². The number of ether oxygens (including phenoxy) is 2. The first-order chi connectivity index (χ1) is 18.8. The molecule has 4 N–H and O–H groups in total. The number of benzene rings is 1. The number of rotatable bonds is 16. The number of hydrogen-bond donors (Lipinski definition) is 3. The van der Waals surface area contributed by atoms with Crippen LogP contribution in [0, 0.1) is 0 Å². The first-order valence-electron chi connectivity index (χ1n) is 13.5. The van der Waals surface area contributed by atoms with Crippen molar-refractivity contribution in [2.45, 2.75) is 83.9 Å². The van der Waals surface area contributed by atoms with Gasteiger partial charge in [-0.1, -0.05) is 63.5 Å². The first kappa shape index (κ1) is 34.1. The van der Waals surface area contributed by atoms with Crippen LogP contribution in [0.15, 0.2) is 30.8 Å². The maximum absolute atomic E-state index is 14.0. The van der Waals surface area contributed by atoms with Crippen molar-refractivity contribution in [3.63, 3.8) is 0 Å². The number of methoxy groups -OCH3 is 1. The van der Waals surface area contributed by atoms with E-state index in [0.29, 0.717) is 17.5 Å². The van der Waals surface area contributed by atoms with Gasteiger partial charge in [-0.05, 0) is 44.4 Å². The first-order valence-corrected chi connectivity index (χ1v) is 13.5. The topological polar surface area (TPSA) is 157 Å². The van der Waals surface area contributed by atoms with Crippen molar-refractivity contribution >= 4 is 35.9 Å². The van der Waals surface area contributed by atoms with Gasteiger partial charge in [0.1, 0.15) is 24.2 Å². The molecule has 0 aromatic heterocycles. The van der Waals surface area contributed by atoms with Crippen molar-refractivity contribution in [1.82, 2.24) is 15.5 Å². The average Bonchev–Trinajstić information content (AvgIpc) is 2.88. The van der Waals surface area contributed by atoms with Crippen molar-refractivity contribution in [3.05, 3.63) is 42.0 Å². The van der Waals surface area contributed by atoms with Crippen molar-refractivity contribution in [3.8, 4) is 0 Å². The molecule has 1 aromatic carbocycles.